The molecular formula is C6H5Cl2OTi. The Morgan fingerprint density at radius 1 is 1.60 bits per heavy atom. The molecule has 0 fully saturated rings. The number of carbonyl (C=O) groups is 1. The molecule has 0 heterocycles. The summed E-state index contributed by atoms with van der Waals surface area (Å²) in [7, 11) is 0. The van der Waals surface area contributed by atoms with Crippen LogP contribution in [0.2, 0.25) is 0 Å². The first kappa shape index (κ1) is 10.4. The molecule has 1 nitrogen and oxygen atoms in total. The first-order chi connectivity index (χ1) is 4.63. The van der Waals surface area contributed by atoms with Gasteiger partial charge in [0.1, 0.15) is 0 Å². The molecule has 4 heteroatoms. The minimum absolute atomic E-state index is 0.889. The van der Waals surface area contributed by atoms with Crippen LogP contribution in [0.4, 0.5) is 4.79 Å². The van der Waals surface area contributed by atoms with Crippen molar-refractivity contribution in [2.75, 3.05) is 0 Å². The van der Waals surface area contributed by atoms with Crippen LogP contribution >= 0.6 is 23.2 Å². The summed E-state index contributed by atoms with van der Waals surface area (Å²) in [5.74, 6) is 0. The van der Waals surface area contributed by atoms with Crippen molar-refractivity contribution in [2.45, 2.75) is 6.42 Å². The zero-order valence-corrected chi connectivity index (χ0v) is 8.18. The Balaban J connectivity index is 0.000000180. The maximum absolute atomic E-state index is 8.98. The molecule has 1 rings (SSSR count). The van der Waals surface area contributed by atoms with E-state index in [0.717, 1.165) is 0 Å². The minimum atomic E-state index is -0.889. The monoisotopic (exact) mass is 211 g/mol. The fraction of sp³-hybridized carbons (Fsp3) is 0.167. The van der Waals surface area contributed by atoms with Gasteiger partial charge in [0, 0.05) is 0 Å². The predicted molar refractivity (Wildman–Crippen MR) is 38.9 cm³/mol. The third kappa shape index (κ3) is 8.44. The Labute approximate surface area is 81.5 Å². The molecule has 0 saturated carbocycles. The summed E-state index contributed by atoms with van der Waals surface area (Å²) >= 11 is 10.9. The van der Waals surface area contributed by atoms with Crippen LogP contribution in [0.25, 0.3) is 0 Å². The van der Waals surface area contributed by atoms with E-state index in [-0.39, 0.29) is 0 Å². The van der Waals surface area contributed by atoms with E-state index >= 15 is 0 Å². The zero-order chi connectivity index (χ0) is 7.98. The zero-order valence-electron chi connectivity index (χ0n) is 5.10. The number of allylic oxidation sites excluding steroid dienone is 4. The standard InChI is InChI=1S/C5H5.CCl2O.Ti/c1-2-4-5-3-1;2-1(3)4;/h1-3H,4H2;;. The molecule has 0 unspecified atom stereocenters. The molecule has 0 aliphatic heterocycles. The van der Waals surface area contributed by atoms with Gasteiger partial charge in [0.2, 0.25) is 0 Å². The first-order valence-electron chi connectivity index (χ1n) is 2.55. The predicted octanol–water partition coefficient (Wildman–Crippen LogP) is 2.96. The van der Waals surface area contributed by atoms with Gasteiger partial charge in [-0.05, 0) is 23.2 Å². The van der Waals surface area contributed by atoms with Gasteiger partial charge < -0.3 is 0 Å². The van der Waals surface area contributed by atoms with Crippen LogP contribution in [0.5, 0.6) is 0 Å². The van der Waals surface area contributed by atoms with Crippen LogP contribution in [0, 0.1) is 0 Å². The van der Waals surface area contributed by atoms with Gasteiger partial charge in [-0.3, -0.25) is 4.79 Å². The Kier molecular flexibility index (Phi) is 6.45. The summed E-state index contributed by atoms with van der Waals surface area (Å²) in [5.41, 5.74) is 0. The van der Waals surface area contributed by atoms with Crippen molar-refractivity contribution in [2.24, 2.45) is 0 Å². The maximum atomic E-state index is 8.98. The molecule has 0 atom stereocenters. The van der Waals surface area contributed by atoms with Crippen LogP contribution in [0.15, 0.2) is 22.1 Å². The van der Waals surface area contributed by atoms with E-state index in [0.29, 0.717) is 0 Å². The van der Waals surface area contributed by atoms with Gasteiger partial charge in [0.15, 0.2) is 0 Å². The van der Waals surface area contributed by atoms with Crippen molar-refractivity contribution in [3.8, 4) is 0 Å². The van der Waals surface area contributed by atoms with Crippen molar-refractivity contribution < 1.29 is 25.2 Å². The van der Waals surface area contributed by atoms with Gasteiger partial charge in [0.05, 0.1) is 0 Å². The average Bonchev–Trinajstić information content (AvgIpc) is 2.15. The number of hydrogen-bond donors (Lipinski definition) is 0. The van der Waals surface area contributed by atoms with Crippen LogP contribution in [0.1, 0.15) is 6.42 Å². The third-order valence-electron chi connectivity index (χ3n) is 0.771. The molecule has 1 aliphatic rings. The van der Waals surface area contributed by atoms with E-state index in [2.05, 4.69) is 61.9 Å². The summed E-state index contributed by atoms with van der Waals surface area (Å²) < 4.78 is 0.579. The molecule has 10 heavy (non-hydrogen) atoms. The molecule has 0 aromatic carbocycles. The van der Waals surface area contributed by atoms with Crippen molar-refractivity contribution in [3.63, 3.8) is 0 Å². The Bertz CT molecular complexity index is 171. The van der Waals surface area contributed by atoms with E-state index < -0.39 is 4.70 Å². The van der Waals surface area contributed by atoms with Crippen molar-refractivity contribution in [1.82, 2.24) is 0 Å². The van der Waals surface area contributed by atoms with Gasteiger partial charge in [-0.15, -0.1) is 0 Å². The molecule has 0 N–H and O–H groups in total. The van der Waals surface area contributed by atoms with Gasteiger partial charge in [-0.1, -0.05) is 0 Å². The Hall–Kier alpha value is 0.444. The fourth-order valence-corrected chi connectivity index (χ4v) is 0.782. The second-order valence-electron chi connectivity index (χ2n) is 1.55. The van der Waals surface area contributed by atoms with Crippen LogP contribution in [0.3, 0.4) is 0 Å². The molecule has 1 aliphatic carbocycles. The summed E-state index contributed by atoms with van der Waals surface area (Å²) in [5, 5.41) is 0. The SMILES string of the molecule is O=C(Cl)Cl.[Ti][C]1=CC=CC1. The van der Waals surface area contributed by atoms with Gasteiger partial charge in [-0.25, -0.2) is 0 Å². The fourth-order valence-electron chi connectivity index (χ4n) is 0.447. The number of hydrogen-bond acceptors (Lipinski definition) is 1. The topological polar surface area (TPSA) is 17.1 Å². The third-order valence-corrected chi connectivity index (χ3v) is 1.35. The summed E-state index contributed by atoms with van der Waals surface area (Å²) in [6.07, 6.45) is 7.56. The molecule has 0 aromatic heterocycles. The van der Waals surface area contributed by atoms with Gasteiger partial charge >= 0.3 is 53.7 Å². The number of carbonyl (C=O) groups excluding carboxylic acids is 1. The van der Waals surface area contributed by atoms with Crippen molar-refractivity contribution >= 4 is 27.9 Å². The van der Waals surface area contributed by atoms with E-state index in [9.17, 15) is 0 Å². The van der Waals surface area contributed by atoms with E-state index in [4.69, 9.17) is 4.79 Å². The molecule has 0 bridgehead atoms. The van der Waals surface area contributed by atoms with E-state index in [1.54, 1.807) is 0 Å². The van der Waals surface area contributed by atoms with Crippen molar-refractivity contribution in [1.29, 1.82) is 0 Å². The van der Waals surface area contributed by atoms with E-state index in [1.807, 2.05) is 0 Å². The molecule has 0 aromatic rings. The number of rotatable bonds is 0. The molecule has 0 amide bonds. The molecule has 53 valence electrons. The first-order valence-corrected chi connectivity index (χ1v) is 4.09. The van der Waals surface area contributed by atoms with Crippen LogP contribution in [-0.2, 0) is 20.4 Å². The van der Waals surface area contributed by atoms with Crippen LogP contribution in [-0.4, -0.2) is 4.70 Å². The molecule has 0 saturated heterocycles. The average molecular weight is 212 g/mol. The van der Waals surface area contributed by atoms with Gasteiger partial charge in [-0.2, -0.15) is 0 Å². The normalized spacial score (nSPS) is 13.5. The summed E-state index contributed by atoms with van der Waals surface area (Å²) in [6, 6.07) is 0. The van der Waals surface area contributed by atoms with Gasteiger partial charge in [0.25, 0.3) is 0 Å². The van der Waals surface area contributed by atoms with E-state index in [1.165, 1.54) is 10.3 Å². The Morgan fingerprint density at radius 2 is 2.10 bits per heavy atom. The number of halogens is 2. The second kappa shape index (κ2) is 6.17. The summed E-state index contributed by atoms with van der Waals surface area (Å²) in [4.78, 5) is 8.98. The molecule has 0 spiro atoms. The Morgan fingerprint density at radius 3 is 2.20 bits per heavy atom. The molecule has 0 radical (unpaired) electrons. The quantitative estimate of drug-likeness (QED) is 0.445. The molecular weight excluding hydrogens is 207 g/mol. The van der Waals surface area contributed by atoms with Crippen molar-refractivity contribution in [3.05, 3.63) is 22.1 Å². The van der Waals surface area contributed by atoms with Crippen LogP contribution < -0.4 is 0 Å². The summed E-state index contributed by atoms with van der Waals surface area (Å²) in [6.45, 7) is 0. The second-order valence-corrected chi connectivity index (χ2v) is 3.43.